The Bertz CT molecular complexity index is 980. The minimum Gasteiger partial charge on any atom is -0.369 e. The maximum Gasteiger partial charge on any atom is 0.0781 e. The van der Waals surface area contributed by atoms with Crippen molar-refractivity contribution in [3.8, 4) is 0 Å². The summed E-state index contributed by atoms with van der Waals surface area (Å²) in [5.74, 6) is 0. The Morgan fingerprint density at radius 2 is 1.41 bits per heavy atom. The predicted molar refractivity (Wildman–Crippen MR) is 114 cm³/mol. The third kappa shape index (κ3) is 3.36. The number of anilines is 2. The standard InChI is InChI=1S/C20H24ClN5S/c21-27-19-13-15(25-9-5-22-6-10-25)1-3-17(19)24-18-4-2-16(14-20(18)27)26-11-7-23-8-12-26/h1-4,13-14,22-23H,5-12H2. The molecule has 0 amide bonds. The highest BCUT2D eigenvalue weighted by atomic mass is 35.7. The first-order valence-electron chi connectivity index (χ1n) is 9.61. The fraction of sp³-hybridized carbons (Fsp3) is 0.400. The van der Waals surface area contributed by atoms with Crippen LogP contribution in [0.3, 0.4) is 0 Å². The first-order chi connectivity index (χ1) is 13.3. The maximum atomic E-state index is 7.01. The molecule has 2 fully saturated rings. The Morgan fingerprint density at radius 3 is 2.07 bits per heavy atom. The molecule has 27 heavy (non-hydrogen) atoms. The molecule has 2 aromatic carbocycles. The van der Waals surface area contributed by atoms with Gasteiger partial charge in [0.05, 0.1) is 11.0 Å². The van der Waals surface area contributed by atoms with Crippen molar-refractivity contribution in [1.82, 2.24) is 10.6 Å². The van der Waals surface area contributed by atoms with E-state index < -0.39 is 9.70 Å². The molecule has 0 saturated carbocycles. The van der Waals surface area contributed by atoms with Crippen molar-refractivity contribution in [1.29, 1.82) is 0 Å². The number of nitrogens with zero attached hydrogens (tertiary/aromatic N) is 3. The fourth-order valence-electron chi connectivity index (χ4n) is 3.97. The van der Waals surface area contributed by atoms with Gasteiger partial charge in [0.25, 0.3) is 0 Å². The van der Waals surface area contributed by atoms with Crippen molar-refractivity contribution >= 4 is 37.4 Å². The average Bonchev–Trinajstić information content (AvgIpc) is 2.75. The fourth-order valence-corrected chi connectivity index (χ4v) is 5.99. The SMILES string of the molecule is ClS1=c2cc(N3CCNCC3)ccc2=Nc2ccc(N3CCNCC3)cc21. The smallest absolute Gasteiger partial charge is 0.0781 e. The number of benzene rings is 2. The van der Waals surface area contributed by atoms with Crippen LogP contribution in [0.5, 0.6) is 0 Å². The summed E-state index contributed by atoms with van der Waals surface area (Å²) in [6.45, 7) is 8.28. The number of fused-ring (bicyclic) bond motifs is 2. The quantitative estimate of drug-likeness (QED) is 0.759. The molecule has 0 aliphatic carbocycles. The lowest BCUT2D eigenvalue weighted by atomic mass is 10.2. The highest BCUT2D eigenvalue weighted by molar-refractivity contribution is 8.29. The minimum atomic E-state index is -0.476. The molecular formula is C20H24ClN5S. The van der Waals surface area contributed by atoms with Crippen LogP contribution in [0.4, 0.5) is 17.1 Å². The normalized spacial score (nSPS) is 22.0. The largest absolute Gasteiger partial charge is 0.369 e. The molecule has 2 aromatic rings. The molecule has 1 unspecified atom stereocenters. The van der Waals surface area contributed by atoms with Crippen LogP contribution in [0.2, 0.25) is 0 Å². The lowest BCUT2D eigenvalue weighted by Gasteiger charge is -2.30. The summed E-state index contributed by atoms with van der Waals surface area (Å²) >= 11 is 0. The molecule has 7 heteroatoms. The van der Waals surface area contributed by atoms with E-state index in [0.717, 1.165) is 72.8 Å². The van der Waals surface area contributed by atoms with E-state index in [0.29, 0.717) is 0 Å². The molecule has 2 saturated heterocycles. The minimum absolute atomic E-state index is 0.476. The van der Waals surface area contributed by atoms with Crippen LogP contribution in [0.15, 0.2) is 46.3 Å². The monoisotopic (exact) mass is 401 g/mol. The lowest BCUT2D eigenvalue weighted by molar-refractivity contribution is 0.589. The number of hydrogen-bond acceptors (Lipinski definition) is 5. The van der Waals surface area contributed by atoms with Crippen LogP contribution in [-0.2, 0) is 0 Å². The first kappa shape index (κ1) is 17.5. The zero-order valence-corrected chi connectivity index (χ0v) is 16.8. The van der Waals surface area contributed by atoms with Gasteiger partial charge in [0.15, 0.2) is 0 Å². The molecule has 3 aliphatic rings. The molecular weight excluding hydrogens is 378 g/mol. The highest BCUT2D eigenvalue weighted by Gasteiger charge is 2.17. The van der Waals surface area contributed by atoms with Gasteiger partial charge in [-0.1, -0.05) is 9.70 Å². The van der Waals surface area contributed by atoms with Gasteiger partial charge in [0, 0.05) is 73.1 Å². The average molecular weight is 402 g/mol. The molecule has 0 aromatic heterocycles. The lowest BCUT2D eigenvalue weighted by Crippen LogP contribution is -2.43. The zero-order chi connectivity index (χ0) is 18.2. The Kier molecular flexibility index (Phi) is 4.82. The van der Waals surface area contributed by atoms with Gasteiger partial charge in [-0.15, -0.1) is 0 Å². The van der Waals surface area contributed by atoms with Crippen molar-refractivity contribution in [2.24, 2.45) is 4.99 Å². The van der Waals surface area contributed by atoms with Crippen LogP contribution in [0.1, 0.15) is 0 Å². The van der Waals surface area contributed by atoms with E-state index in [1.54, 1.807) is 0 Å². The predicted octanol–water partition coefficient (Wildman–Crippen LogP) is 2.50. The van der Waals surface area contributed by atoms with E-state index in [2.05, 4.69) is 56.8 Å². The Balaban J connectivity index is 1.56. The summed E-state index contributed by atoms with van der Waals surface area (Å²) < 4.78 is 1.15. The number of rotatable bonds is 2. The molecule has 5 rings (SSSR count). The van der Waals surface area contributed by atoms with Crippen LogP contribution < -0.4 is 25.8 Å². The second kappa shape index (κ2) is 7.43. The van der Waals surface area contributed by atoms with E-state index in [-0.39, 0.29) is 0 Å². The van der Waals surface area contributed by atoms with Gasteiger partial charge in [-0.3, -0.25) is 0 Å². The van der Waals surface area contributed by atoms with Crippen LogP contribution >= 0.6 is 20.4 Å². The van der Waals surface area contributed by atoms with Gasteiger partial charge in [0.1, 0.15) is 0 Å². The Hall–Kier alpha value is -1.60. The van der Waals surface area contributed by atoms with Gasteiger partial charge in [-0.05, 0) is 47.1 Å². The number of hydrogen-bond donors (Lipinski definition) is 2. The van der Waals surface area contributed by atoms with Crippen LogP contribution in [0.25, 0.3) is 0 Å². The summed E-state index contributed by atoms with van der Waals surface area (Å²) in [6, 6.07) is 13.1. The number of piperazine rings is 2. The Morgan fingerprint density at radius 1 is 0.815 bits per heavy atom. The molecule has 142 valence electrons. The molecule has 5 nitrogen and oxygen atoms in total. The van der Waals surface area contributed by atoms with E-state index >= 15 is 0 Å². The summed E-state index contributed by atoms with van der Waals surface area (Å²) in [6.07, 6.45) is 0. The number of nitrogens with one attached hydrogen (secondary N) is 2. The Labute approximate surface area is 166 Å². The van der Waals surface area contributed by atoms with Crippen molar-refractivity contribution in [2.45, 2.75) is 4.90 Å². The van der Waals surface area contributed by atoms with E-state index in [4.69, 9.17) is 15.7 Å². The van der Waals surface area contributed by atoms with E-state index in [1.807, 2.05) is 0 Å². The van der Waals surface area contributed by atoms with E-state index in [1.165, 1.54) is 11.4 Å². The summed E-state index contributed by atoms with van der Waals surface area (Å²) in [7, 11) is 6.53. The van der Waals surface area contributed by atoms with E-state index in [9.17, 15) is 0 Å². The van der Waals surface area contributed by atoms with Gasteiger partial charge >= 0.3 is 0 Å². The molecule has 1 atom stereocenters. The summed E-state index contributed by atoms with van der Waals surface area (Å²) in [5.41, 5.74) is 3.52. The maximum absolute atomic E-state index is 7.01. The van der Waals surface area contributed by atoms with Gasteiger partial charge < -0.3 is 20.4 Å². The van der Waals surface area contributed by atoms with Crippen molar-refractivity contribution in [2.75, 3.05) is 62.2 Å². The third-order valence-corrected chi connectivity index (χ3v) is 7.90. The second-order valence-electron chi connectivity index (χ2n) is 7.15. The molecule has 3 heterocycles. The molecule has 0 bridgehead atoms. The topological polar surface area (TPSA) is 42.9 Å². The third-order valence-electron chi connectivity index (χ3n) is 5.48. The van der Waals surface area contributed by atoms with Crippen molar-refractivity contribution < 1.29 is 0 Å². The van der Waals surface area contributed by atoms with Gasteiger partial charge in [0.2, 0.25) is 0 Å². The zero-order valence-electron chi connectivity index (χ0n) is 15.2. The van der Waals surface area contributed by atoms with Crippen molar-refractivity contribution in [3.05, 3.63) is 46.3 Å². The molecule has 3 aliphatic heterocycles. The first-order valence-corrected chi connectivity index (χ1v) is 11.7. The van der Waals surface area contributed by atoms with Gasteiger partial charge in [-0.2, -0.15) is 0 Å². The molecule has 2 N–H and O–H groups in total. The highest BCUT2D eigenvalue weighted by Crippen LogP contribution is 2.44. The molecule has 0 spiro atoms. The number of halogens is 1. The summed E-state index contributed by atoms with van der Waals surface area (Å²) in [4.78, 5) is 10.9. The summed E-state index contributed by atoms with van der Waals surface area (Å²) in [5, 5.41) is 7.83. The van der Waals surface area contributed by atoms with Crippen LogP contribution in [-0.4, -0.2) is 52.4 Å². The molecule has 0 radical (unpaired) electrons. The van der Waals surface area contributed by atoms with Crippen molar-refractivity contribution in [3.63, 3.8) is 0 Å². The second-order valence-corrected chi connectivity index (χ2v) is 9.46. The van der Waals surface area contributed by atoms with Gasteiger partial charge in [-0.25, -0.2) is 4.99 Å². The van der Waals surface area contributed by atoms with Crippen LogP contribution in [0, 0.1) is 4.51 Å².